The van der Waals surface area contributed by atoms with E-state index in [1.165, 1.54) is 0 Å². The van der Waals surface area contributed by atoms with Crippen LogP contribution in [0.2, 0.25) is 0 Å². The molecule has 1 amide bonds. The maximum atomic E-state index is 11.7. The second kappa shape index (κ2) is 5.52. The molecule has 1 aliphatic carbocycles. The van der Waals surface area contributed by atoms with Gasteiger partial charge >= 0.3 is 0 Å². The van der Waals surface area contributed by atoms with Crippen LogP contribution in [0.1, 0.15) is 31.4 Å². The monoisotopic (exact) mass is 254 g/mol. The van der Waals surface area contributed by atoms with E-state index in [1.54, 1.807) is 0 Å². The van der Waals surface area contributed by atoms with E-state index in [9.17, 15) is 4.79 Å². The smallest absolute Gasteiger partial charge is 0.226 e. The van der Waals surface area contributed by atoms with Crippen LogP contribution in [0.4, 0.5) is 0 Å². The molecule has 94 valence electrons. The molecule has 0 heterocycles. The summed E-state index contributed by atoms with van der Waals surface area (Å²) in [6, 6.07) is 9.72. The van der Waals surface area contributed by atoms with Crippen LogP contribution in [0.3, 0.4) is 0 Å². The second-order valence-electron chi connectivity index (χ2n) is 4.79. The lowest BCUT2D eigenvalue weighted by atomic mass is 10.1. The SMILES string of the molecule is CC1(C(=O)NCC(N)c2ccccc2)CC1.Cl. The lowest BCUT2D eigenvalue weighted by Gasteiger charge is -2.15. The minimum absolute atomic E-state index is 0. The molecule has 4 heteroatoms. The molecule has 0 aliphatic heterocycles. The van der Waals surface area contributed by atoms with Crippen LogP contribution in [-0.4, -0.2) is 12.5 Å². The Kier molecular flexibility index (Phi) is 4.54. The zero-order valence-corrected chi connectivity index (χ0v) is 10.8. The molecule has 1 saturated carbocycles. The van der Waals surface area contributed by atoms with Crippen LogP contribution in [0.25, 0.3) is 0 Å². The quantitative estimate of drug-likeness (QED) is 0.864. The van der Waals surface area contributed by atoms with E-state index in [1.807, 2.05) is 37.3 Å². The Morgan fingerprint density at radius 2 is 2.00 bits per heavy atom. The van der Waals surface area contributed by atoms with Crippen molar-refractivity contribution < 1.29 is 4.79 Å². The number of hydrogen-bond acceptors (Lipinski definition) is 2. The minimum atomic E-state index is -0.118. The van der Waals surface area contributed by atoms with Crippen molar-refractivity contribution in [3.8, 4) is 0 Å². The number of hydrogen-bond donors (Lipinski definition) is 2. The summed E-state index contributed by atoms with van der Waals surface area (Å²) in [5.74, 6) is 0.138. The molecule has 0 spiro atoms. The Balaban J connectivity index is 0.00000144. The summed E-state index contributed by atoms with van der Waals surface area (Å²) in [6.07, 6.45) is 2.00. The summed E-state index contributed by atoms with van der Waals surface area (Å²) in [7, 11) is 0. The van der Waals surface area contributed by atoms with Crippen molar-refractivity contribution >= 4 is 18.3 Å². The van der Waals surface area contributed by atoms with Crippen molar-refractivity contribution in [3.63, 3.8) is 0 Å². The van der Waals surface area contributed by atoms with Gasteiger partial charge in [0.05, 0.1) is 0 Å². The van der Waals surface area contributed by atoms with E-state index in [-0.39, 0.29) is 29.8 Å². The van der Waals surface area contributed by atoms with Crippen LogP contribution in [-0.2, 0) is 4.79 Å². The Hall–Kier alpha value is -1.06. The molecule has 0 aromatic heterocycles. The fraction of sp³-hybridized carbons (Fsp3) is 0.462. The second-order valence-corrected chi connectivity index (χ2v) is 4.79. The topological polar surface area (TPSA) is 55.1 Å². The van der Waals surface area contributed by atoms with Crippen LogP contribution >= 0.6 is 12.4 Å². The third kappa shape index (κ3) is 3.45. The molecule has 1 aromatic carbocycles. The largest absolute Gasteiger partial charge is 0.354 e. The van der Waals surface area contributed by atoms with E-state index in [0.29, 0.717) is 6.54 Å². The number of benzene rings is 1. The van der Waals surface area contributed by atoms with Crippen molar-refractivity contribution in [2.24, 2.45) is 11.1 Å². The first-order valence-corrected chi connectivity index (χ1v) is 5.71. The molecule has 3 N–H and O–H groups in total. The van der Waals surface area contributed by atoms with Crippen molar-refractivity contribution in [2.45, 2.75) is 25.8 Å². The highest BCUT2D eigenvalue weighted by Gasteiger charge is 2.44. The highest BCUT2D eigenvalue weighted by molar-refractivity contribution is 5.85. The van der Waals surface area contributed by atoms with Gasteiger partial charge in [-0.2, -0.15) is 0 Å². The molecule has 1 aromatic rings. The molecule has 1 unspecified atom stereocenters. The third-order valence-electron chi connectivity index (χ3n) is 3.26. The van der Waals surface area contributed by atoms with Gasteiger partial charge in [0.25, 0.3) is 0 Å². The fourth-order valence-electron chi connectivity index (χ4n) is 1.65. The molecule has 1 atom stereocenters. The highest BCUT2D eigenvalue weighted by Crippen LogP contribution is 2.44. The molecule has 1 fully saturated rings. The number of nitrogens with one attached hydrogen (secondary N) is 1. The summed E-state index contributed by atoms with van der Waals surface area (Å²) in [6.45, 7) is 2.51. The molecule has 0 bridgehead atoms. The van der Waals surface area contributed by atoms with Gasteiger partial charge in [-0.1, -0.05) is 37.3 Å². The van der Waals surface area contributed by atoms with Gasteiger partial charge in [0.2, 0.25) is 5.91 Å². The highest BCUT2D eigenvalue weighted by atomic mass is 35.5. The average Bonchev–Trinajstić information content (AvgIpc) is 3.06. The number of carbonyl (C=O) groups is 1. The van der Waals surface area contributed by atoms with Gasteiger partial charge in [-0.05, 0) is 18.4 Å². The number of amides is 1. The molecular formula is C13H19ClN2O. The van der Waals surface area contributed by atoms with Crippen molar-refractivity contribution in [1.29, 1.82) is 0 Å². The number of rotatable bonds is 4. The van der Waals surface area contributed by atoms with Gasteiger partial charge in [-0.15, -0.1) is 12.4 Å². The molecular weight excluding hydrogens is 236 g/mol. The van der Waals surface area contributed by atoms with Crippen molar-refractivity contribution in [2.75, 3.05) is 6.54 Å². The Labute approximate surface area is 108 Å². The summed E-state index contributed by atoms with van der Waals surface area (Å²) < 4.78 is 0. The van der Waals surface area contributed by atoms with Crippen molar-refractivity contribution in [1.82, 2.24) is 5.32 Å². The van der Waals surface area contributed by atoms with E-state index < -0.39 is 0 Å². The number of nitrogens with two attached hydrogens (primary N) is 1. The van der Waals surface area contributed by atoms with Crippen LogP contribution in [0.15, 0.2) is 30.3 Å². The standard InChI is InChI=1S/C13H18N2O.ClH/c1-13(7-8-13)12(16)15-9-11(14)10-5-3-2-4-6-10;/h2-6,11H,7-9,14H2,1H3,(H,15,16);1H. The Bertz CT molecular complexity index is 376. The minimum Gasteiger partial charge on any atom is -0.354 e. The Morgan fingerprint density at radius 3 is 2.53 bits per heavy atom. The van der Waals surface area contributed by atoms with Gasteiger partial charge in [0, 0.05) is 18.0 Å². The molecule has 17 heavy (non-hydrogen) atoms. The summed E-state index contributed by atoms with van der Waals surface area (Å²) in [5.41, 5.74) is 6.94. The predicted octanol–water partition coefficient (Wildman–Crippen LogP) is 2.02. The van der Waals surface area contributed by atoms with Crippen LogP contribution in [0, 0.1) is 5.41 Å². The van der Waals surface area contributed by atoms with Gasteiger partial charge in [-0.3, -0.25) is 4.79 Å². The molecule has 2 rings (SSSR count). The van der Waals surface area contributed by atoms with Crippen LogP contribution in [0.5, 0.6) is 0 Å². The lowest BCUT2D eigenvalue weighted by Crippen LogP contribution is -2.35. The maximum absolute atomic E-state index is 11.7. The van der Waals surface area contributed by atoms with Gasteiger partial charge in [-0.25, -0.2) is 0 Å². The third-order valence-corrected chi connectivity index (χ3v) is 3.26. The fourth-order valence-corrected chi connectivity index (χ4v) is 1.65. The molecule has 3 nitrogen and oxygen atoms in total. The van der Waals surface area contributed by atoms with E-state index in [2.05, 4.69) is 5.32 Å². The number of carbonyl (C=O) groups excluding carboxylic acids is 1. The summed E-state index contributed by atoms with van der Waals surface area (Å²) >= 11 is 0. The zero-order chi connectivity index (χ0) is 11.6. The zero-order valence-electron chi connectivity index (χ0n) is 9.98. The van der Waals surface area contributed by atoms with Gasteiger partial charge in [0.1, 0.15) is 0 Å². The maximum Gasteiger partial charge on any atom is 0.226 e. The number of halogens is 1. The first-order valence-electron chi connectivity index (χ1n) is 5.71. The van der Waals surface area contributed by atoms with Crippen molar-refractivity contribution in [3.05, 3.63) is 35.9 Å². The van der Waals surface area contributed by atoms with Gasteiger partial charge < -0.3 is 11.1 Å². The molecule has 1 aliphatic rings. The predicted molar refractivity (Wildman–Crippen MR) is 71.0 cm³/mol. The first-order chi connectivity index (χ1) is 7.62. The Morgan fingerprint density at radius 1 is 1.41 bits per heavy atom. The van der Waals surface area contributed by atoms with Crippen LogP contribution < -0.4 is 11.1 Å². The van der Waals surface area contributed by atoms with Gasteiger partial charge in [0.15, 0.2) is 0 Å². The summed E-state index contributed by atoms with van der Waals surface area (Å²) in [5, 5.41) is 2.92. The normalized spacial score (nSPS) is 17.8. The first kappa shape index (κ1) is 14.0. The molecule has 0 radical (unpaired) electrons. The molecule has 0 saturated heterocycles. The van der Waals surface area contributed by atoms with E-state index in [0.717, 1.165) is 18.4 Å². The average molecular weight is 255 g/mol. The lowest BCUT2D eigenvalue weighted by molar-refractivity contribution is -0.125. The summed E-state index contributed by atoms with van der Waals surface area (Å²) in [4.78, 5) is 11.7. The van der Waals surface area contributed by atoms with E-state index in [4.69, 9.17) is 5.73 Å². The van der Waals surface area contributed by atoms with E-state index >= 15 is 0 Å².